The number of nitrogens with two attached hydrogens (primary N) is 1. The third-order valence-corrected chi connectivity index (χ3v) is 3.96. The van der Waals surface area contributed by atoms with E-state index in [2.05, 4.69) is 21.0 Å². The first-order valence-electron chi connectivity index (χ1n) is 6.20. The van der Waals surface area contributed by atoms with Gasteiger partial charge in [0.1, 0.15) is 5.76 Å². The Labute approximate surface area is 119 Å². The van der Waals surface area contributed by atoms with Crippen LogP contribution in [0.5, 0.6) is 0 Å². The number of carbonyl (C=O) groups is 1. The number of tetrazole rings is 1. The summed E-state index contributed by atoms with van der Waals surface area (Å²) in [5.74, 6) is 6.16. The minimum atomic E-state index is -0.429. The summed E-state index contributed by atoms with van der Waals surface area (Å²) in [6.07, 6.45) is 2.25. The standard InChI is InChI=1S/C11H14N6O2S/c1-6-4-8(19-9(6)10(18)13-12)5-20-11-14-15-16-17(11)7-2-3-7/h4,7H,2-3,5,12H2,1H3,(H,13,18). The number of nitrogen functional groups attached to an aromatic ring is 1. The second-order valence-electron chi connectivity index (χ2n) is 4.62. The quantitative estimate of drug-likeness (QED) is 0.363. The molecule has 0 aliphatic heterocycles. The summed E-state index contributed by atoms with van der Waals surface area (Å²) in [7, 11) is 0. The van der Waals surface area contributed by atoms with E-state index < -0.39 is 5.91 Å². The molecule has 3 N–H and O–H groups in total. The van der Waals surface area contributed by atoms with Gasteiger partial charge in [0.25, 0.3) is 0 Å². The maximum absolute atomic E-state index is 11.5. The monoisotopic (exact) mass is 294 g/mol. The predicted octanol–water partition coefficient (Wildman–Crippen LogP) is 0.805. The first kappa shape index (κ1) is 13.1. The molecule has 1 fully saturated rings. The van der Waals surface area contributed by atoms with Gasteiger partial charge in [-0.15, -0.1) is 5.10 Å². The Balaban J connectivity index is 1.69. The molecule has 3 rings (SSSR count). The van der Waals surface area contributed by atoms with Gasteiger partial charge in [-0.25, -0.2) is 10.5 Å². The molecule has 1 aliphatic carbocycles. The molecule has 1 saturated carbocycles. The van der Waals surface area contributed by atoms with Crippen molar-refractivity contribution >= 4 is 17.7 Å². The normalized spacial score (nSPS) is 14.5. The maximum Gasteiger partial charge on any atom is 0.301 e. The lowest BCUT2D eigenvalue weighted by Gasteiger charge is -2.00. The van der Waals surface area contributed by atoms with Crippen molar-refractivity contribution in [3.63, 3.8) is 0 Å². The molecule has 0 saturated heterocycles. The molecule has 8 nitrogen and oxygen atoms in total. The molecular formula is C11H14N6O2S. The first-order valence-corrected chi connectivity index (χ1v) is 7.18. The number of aryl methyl sites for hydroxylation is 1. The van der Waals surface area contributed by atoms with Crippen LogP contribution in [0.1, 0.15) is 40.8 Å². The summed E-state index contributed by atoms with van der Waals surface area (Å²) < 4.78 is 7.33. The number of hydrogen-bond donors (Lipinski definition) is 2. The average molecular weight is 294 g/mol. The molecule has 2 aromatic heterocycles. The van der Waals surface area contributed by atoms with Crippen molar-refractivity contribution in [3.05, 3.63) is 23.2 Å². The summed E-state index contributed by atoms with van der Waals surface area (Å²) in [6.45, 7) is 1.80. The van der Waals surface area contributed by atoms with Gasteiger partial charge in [-0.2, -0.15) is 0 Å². The third kappa shape index (κ3) is 2.54. The number of furan rings is 1. The first-order chi connectivity index (χ1) is 9.69. The van der Waals surface area contributed by atoms with Crippen LogP contribution in [0.3, 0.4) is 0 Å². The van der Waals surface area contributed by atoms with E-state index in [0.29, 0.717) is 17.6 Å². The number of thioether (sulfide) groups is 1. The van der Waals surface area contributed by atoms with E-state index in [9.17, 15) is 4.79 Å². The smallest absolute Gasteiger partial charge is 0.301 e. The number of aromatic nitrogens is 4. The summed E-state index contributed by atoms with van der Waals surface area (Å²) in [6, 6.07) is 2.26. The fourth-order valence-electron chi connectivity index (χ4n) is 1.87. The van der Waals surface area contributed by atoms with E-state index in [1.807, 2.05) is 10.7 Å². The second-order valence-corrected chi connectivity index (χ2v) is 5.57. The van der Waals surface area contributed by atoms with Gasteiger partial charge in [-0.1, -0.05) is 11.8 Å². The van der Waals surface area contributed by atoms with Gasteiger partial charge < -0.3 is 4.42 Å². The molecule has 2 aromatic rings. The van der Waals surface area contributed by atoms with Crippen LogP contribution in [-0.4, -0.2) is 26.1 Å². The number of hydrazine groups is 1. The highest BCUT2D eigenvalue weighted by molar-refractivity contribution is 7.98. The highest BCUT2D eigenvalue weighted by Gasteiger charge is 2.28. The van der Waals surface area contributed by atoms with Crippen LogP contribution < -0.4 is 11.3 Å². The summed E-state index contributed by atoms with van der Waals surface area (Å²) in [5, 5.41) is 12.4. The van der Waals surface area contributed by atoms with Gasteiger partial charge in [0.15, 0.2) is 5.76 Å². The number of hydrogen-bond acceptors (Lipinski definition) is 7. The van der Waals surface area contributed by atoms with Gasteiger partial charge in [-0.05, 0) is 36.3 Å². The van der Waals surface area contributed by atoms with Gasteiger partial charge in [0.05, 0.1) is 11.8 Å². The molecule has 1 amide bonds. The molecule has 0 unspecified atom stereocenters. The van der Waals surface area contributed by atoms with Gasteiger partial charge in [0.2, 0.25) is 5.16 Å². The third-order valence-electron chi connectivity index (χ3n) is 3.01. The molecule has 20 heavy (non-hydrogen) atoms. The minimum Gasteiger partial charge on any atom is -0.455 e. The van der Waals surface area contributed by atoms with Gasteiger partial charge >= 0.3 is 5.91 Å². The Kier molecular flexibility index (Phi) is 3.45. The Bertz CT molecular complexity index is 633. The van der Waals surface area contributed by atoms with Crippen molar-refractivity contribution < 1.29 is 9.21 Å². The topological polar surface area (TPSA) is 112 Å². The molecular weight excluding hydrogens is 280 g/mol. The maximum atomic E-state index is 11.5. The van der Waals surface area contributed by atoms with Crippen LogP contribution in [0, 0.1) is 6.92 Å². The van der Waals surface area contributed by atoms with Crippen molar-refractivity contribution in [1.29, 1.82) is 0 Å². The van der Waals surface area contributed by atoms with Crippen LogP contribution >= 0.6 is 11.8 Å². The van der Waals surface area contributed by atoms with E-state index in [-0.39, 0.29) is 5.76 Å². The Morgan fingerprint density at radius 1 is 1.65 bits per heavy atom. The summed E-state index contributed by atoms with van der Waals surface area (Å²) in [4.78, 5) is 11.5. The predicted molar refractivity (Wildman–Crippen MR) is 70.7 cm³/mol. The van der Waals surface area contributed by atoms with E-state index in [1.54, 1.807) is 6.92 Å². The molecule has 106 valence electrons. The zero-order chi connectivity index (χ0) is 14.1. The molecule has 2 heterocycles. The number of amides is 1. The second kappa shape index (κ2) is 5.25. The lowest BCUT2D eigenvalue weighted by Crippen LogP contribution is -2.30. The van der Waals surface area contributed by atoms with Crippen molar-refractivity contribution in [3.8, 4) is 0 Å². The SMILES string of the molecule is Cc1cc(CSc2nnnn2C2CC2)oc1C(=O)NN. The Morgan fingerprint density at radius 3 is 3.15 bits per heavy atom. The lowest BCUT2D eigenvalue weighted by atomic mass is 10.2. The average Bonchev–Trinajstić information content (AvgIpc) is 3.07. The molecule has 0 atom stereocenters. The zero-order valence-electron chi connectivity index (χ0n) is 10.9. The van der Waals surface area contributed by atoms with Crippen LogP contribution in [0.15, 0.2) is 15.6 Å². The summed E-state index contributed by atoms with van der Waals surface area (Å²) >= 11 is 1.49. The van der Waals surface area contributed by atoms with Crippen molar-refractivity contribution in [1.82, 2.24) is 25.6 Å². The highest BCUT2D eigenvalue weighted by Crippen LogP contribution is 2.37. The molecule has 0 aromatic carbocycles. The molecule has 9 heteroatoms. The van der Waals surface area contributed by atoms with Crippen molar-refractivity contribution in [2.45, 2.75) is 36.7 Å². The Morgan fingerprint density at radius 2 is 2.45 bits per heavy atom. The summed E-state index contributed by atoms with van der Waals surface area (Å²) in [5.41, 5.74) is 2.82. The van der Waals surface area contributed by atoms with Crippen LogP contribution in [-0.2, 0) is 5.75 Å². The number of nitrogens with one attached hydrogen (secondary N) is 1. The van der Waals surface area contributed by atoms with E-state index in [4.69, 9.17) is 10.3 Å². The lowest BCUT2D eigenvalue weighted by molar-refractivity contribution is 0.0923. The minimum absolute atomic E-state index is 0.241. The van der Waals surface area contributed by atoms with Crippen LogP contribution in [0.2, 0.25) is 0 Å². The zero-order valence-corrected chi connectivity index (χ0v) is 11.7. The van der Waals surface area contributed by atoms with Gasteiger partial charge in [0, 0.05) is 5.56 Å². The van der Waals surface area contributed by atoms with Gasteiger partial charge in [-0.3, -0.25) is 10.2 Å². The van der Waals surface area contributed by atoms with Crippen LogP contribution in [0.4, 0.5) is 0 Å². The molecule has 0 spiro atoms. The molecule has 0 bridgehead atoms. The van der Waals surface area contributed by atoms with Crippen molar-refractivity contribution in [2.24, 2.45) is 5.84 Å². The number of nitrogens with zero attached hydrogens (tertiary/aromatic N) is 4. The Hall–Kier alpha value is -1.87. The number of rotatable bonds is 5. The fraction of sp³-hybridized carbons (Fsp3) is 0.455. The van der Waals surface area contributed by atoms with E-state index in [1.165, 1.54) is 11.8 Å². The number of carbonyl (C=O) groups excluding carboxylic acids is 1. The molecule has 1 aliphatic rings. The highest BCUT2D eigenvalue weighted by atomic mass is 32.2. The fourth-order valence-corrected chi connectivity index (χ4v) is 2.70. The van der Waals surface area contributed by atoms with Crippen LogP contribution in [0.25, 0.3) is 0 Å². The van der Waals surface area contributed by atoms with E-state index >= 15 is 0 Å². The van der Waals surface area contributed by atoms with Crippen molar-refractivity contribution in [2.75, 3.05) is 0 Å². The molecule has 0 radical (unpaired) electrons. The largest absolute Gasteiger partial charge is 0.455 e. The van der Waals surface area contributed by atoms with E-state index in [0.717, 1.165) is 23.6 Å².